The first-order valence-corrected chi connectivity index (χ1v) is 24.3. The predicted molar refractivity (Wildman–Crippen MR) is 278 cm³/mol. The molecular formula is C62H43NOSi. The zero-order valence-electron chi connectivity index (χ0n) is 35.7. The summed E-state index contributed by atoms with van der Waals surface area (Å²) in [5.41, 5.74) is 9.38. The van der Waals surface area contributed by atoms with Crippen LogP contribution in [0.1, 0.15) is 0 Å². The molecule has 0 atom stereocenters. The first-order chi connectivity index (χ1) is 32.3. The number of nitrogens with zero attached hydrogens (tertiary/aromatic N) is 1. The van der Waals surface area contributed by atoms with E-state index in [2.05, 4.69) is 266 Å². The summed E-state index contributed by atoms with van der Waals surface area (Å²) in [7, 11) is -2.98. The Morgan fingerprint density at radius 3 is 1.42 bits per heavy atom. The van der Waals surface area contributed by atoms with Crippen LogP contribution in [0, 0.1) is 0 Å². The molecule has 0 saturated heterocycles. The minimum atomic E-state index is -2.98. The SMILES string of the molecule is c1ccc(-c2ccc(N(c3ccc([Si](c4ccccc4)(c4ccccc4)c4cc5ccccc5c5ccccc45)cc3)c3cccc4c3oc3c(-c5ccccc5)cccc34)cc2)cc1. The molecule has 3 heteroatoms. The average Bonchev–Trinajstić information content (AvgIpc) is 3.78. The van der Waals surface area contributed by atoms with Crippen LogP contribution in [0.4, 0.5) is 17.1 Å². The van der Waals surface area contributed by atoms with E-state index in [4.69, 9.17) is 4.42 Å². The van der Waals surface area contributed by atoms with Gasteiger partial charge in [0.15, 0.2) is 13.7 Å². The molecule has 12 rings (SSSR count). The van der Waals surface area contributed by atoms with Crippen LogP contribution in [0.3, 0.4) is 0 Å². The molecule has 0 spiro atoms. The third kappa shape index (κ3) is 6.47. The van der Waals surface area contributed by atoms with Crippen molar-refractivity contribution in [3.05, 3.63) is 261 Å². The van der Waals surface area contributed by atoms with Gasteiger partial charge in [0, 0.05) is 27.7 Å². The van der Waals surface area contributed by atoms with Crippen LogP contribution in [0.5, 0.6) is 0 Å². The Morgan fingerprint density at radius 1 is 0.308 bits per heavy atom. The summed E-state index contributed by atoms with van der Waals surface area (Å²) in [6.45, 7) is 0. The van der Waals surface area contributed by atoms with Crippen molar-refractivity contribution in [1.82, 2.24) is 0 Å². The van der Waals surface area contributed by atoms with Crippen molar-refractivity contribution < 1.29 is 4.42 Å². The summed E-state index contributed by atoms with van der Waals surface area (Å²) >= 11 is 0. The summed E-state index contributed by atoms with van der Waals surface area (Å²) in [6, 6.07) is 95.4. The van der Waals surface area contributed by atoms with Crippen molar-refractivity contribution in [3.63, 3.8) is 0 Å². The standard InChI is InChI=1S/C62H43NOSi/c1-5-19-44(20-6-1)45-35-37-48(38-36-45)63(59-34-18-33-58-57-32-17-31-54(61(57)64-62(58)59)46-21-7-2-8-22-46)49-39-41-52(42-40-49)65(50-24-9-3-10-25-50,51-26-11-4-12-27-51)60-43-47-23-13-14-28-53(47)55-29-15-16-30-56(55)60/h1-43H. The number of hydrogen-bond donors (Lipinski definition) is 0. The number of hydrogen-bond acceptors (Lipinski definition) is 2. The van der Waals surface area contributed by atoms with Gasteiger partial charge in [-0.25, -0.2) is 0 Å². The highest BCUT2D eigenvalue weighted by Crippen LogP contribution is 2.44. The molecule has 11 aromatic carbocycles. The number of furan rings is 1. The molecule has 0 aliphatic rings. The van der Waals surface area contributed by atoms with Gasteiger partial charge in [-0.1, -0.05) is 231 Å². The summed E-state index contributed by atoms with van der Waals surface area (Å²) in [6.07, 6.45) is 0. The Balaban J connectivity index is 1.10. The van der Waals surface area contributed by atoms with Crippen molar-refractivity contribution >= 4 is 89.4 Å². The highest BCUT2D eigenvalue weighted by molar-refractivity contribution is 7.20. The average molecular weight is 846 g/mol. The van der Waals surface area contributed by atoms with E-state index in [9.17, 15) is 0 Å². The van der Waals surface area contributed by atoms with Gasteiger partial charge in [0.05, 0.1) is 5.69 Å². The first kappa shape index (κ1) is 38.4. The summed E-state index contributed by atoms with van der Waals surface area (Å²) in [5.74, 6) is 0. The molecule has 0 aliphatic heterocycles. The van der Waals surface area contributed by atoms with Gasteiger partial charge in [-0.3, -0.25) is 0 Å². The van der Waals surface area contributed by atoms with Crippen LogP contribution >= 0.6 is 0 Å². The zero-order valence-corrected chi connectivity index (χ0v) is 36.7. The van der Waals surface area contributed by atoms with Crippen LogP contribution in [0.15, 0.2) is 265 Å². The minimum Gasteiger partial charge on any atom is -0.453 e. The lowest BCUT2D eigenvalue weighted by Gasteiger charge is -2.36. The van der Waals surface area contributed by atoms with E-state index in [1.807, 2.05) is 0 Å². The van der Waals surface area contributed by atoms with E-state index in [-0.39, 0.29) is 0 Å². The van der Waals surface area contributed by atoms with E-state index in [0.29, 0.717) is 0 Å². The van der Waals surface area contributed by atoms with Crippen LogP contribution in [0.25, 0.3) is 65.7 Å². The van der Waals surface area contributed by atoms with Crippen LogP contribution in [0.2, 0.25) is 0 Å². The smallest absolute Gasteiger partial charge is 0.180 e. The lowest BCUT2D eigenvalue weighted by molar-refractivity contribution is 0.670. The van der Waals surface area contributed by atoms with E-state index < -0.39 is 8.07 Å². The Kier molecular flexibility index (Phi) is 9.55. The molecule has 0 N–H and O–H groups in total. The van der Waals surface area contributed by atoms with Gasteiger partial charge in [-0.05, 0) is 89.3 Å². The van der Waals surface area contributed by atoms with Crippen molar-refractivity contribution in [2.45, 2.75) is 0 Å². The molecule has 0 amide bonds. The molecule has 0 unspecified atom stereocenters. The fraction of sp³-hybridized carbons (Fsp3) is 0. The molecular weight excluding hydrogens is 803 g/mol. The topological polar surface area (TPSA) is 16.4 Å². The zero-order chi connectivity index (χ0) is 43.2. The maximum absolute atomic E-state index is 7.08. The molecule has 0 saturated carbocycles. The number of anilines is 3. The lowest BCUT2D eigenvalue weighted by atomic mass is 10.0. The highest BCUT2D eigenvalue weighted by atomic mass is 28.3. The highest BCUT2D eigenvalue weighted by Gasteiger charge is 2.43. The van der Waals surface area contributed by atoms with Crippen molar-refractivity contribution in [2.24, 2.45) is 0 Å². The number of para-hydroxylation sites is 2. The molecule has 12 aromatic rings. The van der Waals surface area contributed by atoms with E-state index >= 15 is 0 Å². The van der Waals surface area contributed by atoms with Gasteiger partial charge in [0.1, 0.15) is 5.58 Å². The van der Waals surface area contributed by atoms with E-state index in [0.717, 1.165) is 50.1 Å². The quantitative estimate of drug-likeness (QED) is 0.0817. The number of fused-ring (bicyclic) bond motifs is 6. The molecule has 0 fully saturated rings. The Hall–Kier alpha value is -8.24. The Bertz CT molecular complexity index is 3580. The normalized spacial score (nSPS) is 11.7. The maximum Gasteiger partial charge on any atom is 0.180 e. The number of benzene rings is 11. The molecule has 0 bridgehead atoms. The maximum atomic E-state index is 7.08. The van der Waals surface area contributed by atoms with Crippen LogP contribution in [-0.2, 0) is 0 Å². The Morgan fingerprint density at radius 2 is 0.769 bits per heavy atom. The molecule has 1 heterocycles. The minimum absolute atomic E-state index is 0.849. The van der Waals surface area contributed by atoms with Crippen molar-refractivity contribution in [1.29, 1.82) is 0 Å². The van der Waals surface area contributed by atoms with Gasteiger partial charge in [0.2, 0.25) is 0 Å². The van der Waals surface area contributed by atoms with Crippen LogP contribution < -0.4 is 25.6 Å². The molecule has 0 radical (unpaired) electrons. The van der Waals surface area contributed by atoms with Gasteiger partial charge < -0.3 is 9.32 Å². The van der Waals surface area contributed by atoms with Crippen molar-refractivity contribution in [3.8, 4) is 22.3 Å². The largest absolute Gasteiger partial charge is 0.453 e. The Labute approximate surface area is 379 Å². The molecule has 65 heavy (non-hydrogen) atoms. The van der Waals surface area contributed by atoms with Crippen LogP contribution in [-0.4, -0.2) is 8.07 Å². The molecule has 2 nitrogen and oxygen atoms in total. The second-order valence-electron chi connectivity index (χ2n) is 16.8. The summed E-state index contributed by atoms with van der Waals surface area (Å²) < 4.78 is 7.08. The second-order valence-corrected chi connectivity index (χ2v) is 20.5. The van der Waals surface area contributed by atoms with Gasteiger partial charge in [-0.2, -0.15) is 0 Å². The third-order valence-electron chi connectivity index (χ3n) is 13.2. The van der Waals surface area contributed by atoms with Crippen molar-refractivity contribution in [2.75, 3.05) is 4.90 Å². The predicted octanol–water partition coefficient (Wildman–Crippen LogP) is 14.1. The lowest BCUT2D eigenvalue weighted by Crippen LogP contribution is -2.74. The summed E-state index contributed by atoms with van der Waals surface area (Å²) in [5, 5.41) is 12.7. The fourth-order valence-electron chi connectivity index (χ4n) is 10.3. The molecule has 0 aliphatic carbocycles. The number of rotatable bonds is 9. The van der Waals surface area contributed by atoms with E-state index in [1.54, 1.807) is 0 Å². The molecule has 306 valence electrons. The van der Waals surface area contributed by atoms with E-state index in [1.165, 1.54) is 53.4 Å². The van der Waals surface area contributed by atoms with Gasteiger partial charge in [-0.15, -0.1) is 0 Å². The molecule has 1 aromatic heterocycles. The van der Waals surface area contributed by atoms with Gasteiger partial charge in [0.25, 0.3) is 0 Å². The third-order valence-corrected chi connectivity index (χ3v) is 18.0. The fourth-order valence-corrected chi connectivity index (χ4v) is 15.2. The van der Waals surface area contributed by atoms with Gasteiger partial charge >= 0.3 is 0 Å². The first-order valence-electron chi connectivity index (χ1n) is 22.3. The second kappa shape index (κ2) is 16.1. The monoisotopic (exact) mass is 845 g/mol. The summed E-state index contributed by atoms with van der Waals surface area (Å²) in [4.78, 5) is 2.37.